The second kappa shape index (κ2) is 9.55. The van der Waals surface area contributed by atoms with Crippen molar-refractivity contribution in [3.8, 4) is 0 Å². The molecule has 2 atom stereocenters. The number of nitrogens with zero attached hydrogens (tertiary/aromatic N) is 4. The van der Waals surface area contributed by atoms with Gasteiger partial charge in [-0.15, -0.1) is 11.3 Å². The maximum Gasteiger partial charge on any atom is 0.326 e. The van der Waals surface area contributed by atoms with Crippen molar-refractivity contribution in [1.82, 2.24) is 20.2 Å². The van der Waals surface area contributed by atoms with Crippen LogP contribution in [0.25, 0.3) is 21.0 Å². The molecule has 180 valence electrons. The van der Waals surface area contributed by atoms with Crippen molar-refractivity contribution < 1.29 is 4.79 Å². The summed E-state index contributed by atoms with van der Waals surface area (Å²) >= 11 is 1.72. The highest BCUT2D eigenvalue weighted by Crippen LogP contribution is 2.38. The Morgan fingerprint density at radius 1 is 1.09 bits per heavy atom. The number of piperidine rings is 2. The molecule has 6 rings (SSSR count). The van der Waals surface area contributed by atoms with Gasteiger partial charge in [0.2, 0.25) is 0 Å². The number of benzene rings is 2. The number of amides is 2. The summed E-state index contributed by atoms with van der Waals surface area (Å²) in [7, 11) is 0. The molecular weight excluding hydrogens is 454 g/mol. The molecule has 4 heterocycles. The van der Waals surface area contributed by atoms with Crippen LogP contribution in [0.3, 0.4) is 0 Å². The number of carbonyl (C=O) groups is 1. The van der Waals surface area contributed by atoms with Crippen molar-refractivity contribution in [2.24, 2.45) is 0 Å². The number of aryl methyl sites for hydroxylation is 1. The largest absolute Gasteiger partial charge is 0.326 e. The van der Waals surface area contributed by atoms with Crippen LogP contribution in [0.15, 0.2) is 54.7 Å². The maximum absolute atomic E-state index is 14.5. The Morgan fingerprint density at radius 3 is 2.86 bits per heavy atom. The van der Waals surface area contributed by atoms with Gasteiger partial charge in [0.25, 0.3) is 0 Å². The molecule has 2 amide bonds. The number of anilines is 1. The molecule has 0 bridgehead atoms. The molecule has 7 heteroatoms. The minimum atomic E-state index is 0.00349. The number of likely N-dealkylation sites (tertiary alicyclic amines) is 1. The first-order chi connectivity index (χ1) is 17.2. The number of thiazole rings is 1. The molecular formula is C28H31N5OS. The summed E-state index contributed by atoms with van der Waals surface area (Å²) in [4.78, 5) is 28.4. The van der Waals surface area contributed by atoms with E-state index in [0.717, 1.165) is 84.4 Å². The summed E-state index contributed by atoms with van der Waals surface area (Å²) in [5, 5.41) is 6.76. The lowest BCUT2D eigenvalue weighted by molar-refractivity contribution is 0.154. The Kier molecular flexibility index (Phi) is 6.12. The van der Waals surface area contributed by atoms with Crippen LogP contribution in [-0.4, -0.2) is 46.6 Å². The molecule has 0 spiro atoms. The van der Waals surface area contributed by atoms with E-state index in [4.69, 9.17) is 9.97 Å². The zero-order valence-corrected chi connectivity index (χ0v) is 20.9. The molecule has 1 N–H and O–H groups in total. The van der Waals surface area contributed by atoms with Crippen molar-refractivity contribution in [3.63, 3.8) is 0 Å². The summed E-state index contributed by atoms with van der Waals surface area (Å²) < 4.78 is 1.18. The van der Waals surface area contributed by atoms with Gasteiger partial charge in [-0.05, 0) is 74.7 Å². The summed E-state index contributed by atoms with van der Waals surface area (Å²) in [6, 6.07) is 16.7. The topological polar surface area (TPSA) is 61.4 Å². The van der Waals surface area contributed by atoms with Gasteiger partial charge in [-0.1, -0.05) is 30.3 Å². The first-order valence-corrected chi connectivity index (χ1v) is 13.5. The molecule has 2 aromatic heterocycles. The normalized spacial score (nSPS) is 20.9. The fourth-order valence-corrected chi connectivity index (χ4v) is 6.75. The van der Waals surface area contributed by atoms with Crippen molar-refractivity contribution in [2.45, 2.75) is 51.1 Å². The Morgan fingerprint density at radius 2 is 2.00 bits per heavy atom. The van der Waals surface area contributed by atoms with Crippen LogP contribution in [0.5, 0.6) is 0 Å². The van der Waals surface area contributed by atoms with E-state index < -0.39 is 0 Å². The third-order valence-electron chi connectivity index (χ3n) is 7.39. The summed E-state index contributed by atoms with van der Waals surface area (Å²) in [5.74, 6) is 0.785. The van der Waals surface area contributed by atoms with Gasteiger partial charge in [-0.25, -0.2) is 14.8 Å². The number of para-hydroxylation sites is 1. The lowest BCUT2D eigenvalue weighted by atomic mass is 10.0. The van der Waals surface area contributed by atoms with Gasteiger partial charge in [0.15, 0.2) is 0 Å². The van der Waals surface area contributed by atoms with Gasteiger partial charge in [0.1, 0.15) is 10.8 Å². The van der Waals surface area contributed by atoms with E-state index in [9.17, 15) is 4.79 Å². The minimum Gasteiger partial charge on any atom is -0.315 e. The molecule has 2 fully saturated rings. The number of hydrogen-bond acceptors (Lipinski definition) is 5. The van der Waals surface area contributed by atoms with E-state index in [1.807, 2.05) is 23.2 Å². The molecule has 2 aliphatic heterocycles. The second-order valence-electron chi connectivity index (χ2n) is 9.69. The van der Waals surface area contributed by atoms with Crippen LogP contribution in [0.2, 0.25) is 0 Å². The molecule has 35 heavy (non-hydrogen) atoms. The highest BCUT2D eigenvalue weighted by Gasteiger charge is 2.37. The lowest BCUT2D eigenvalue weighted by Crippen LogP contribution is -2.55. The van der Waals surface area contributed by atoms with Crippen LogP contribution in [-0.2, 0) is 0 Å². The SMILES string of the molecule is Cc1cccc2ccnc(N(C(=O)N3CCCC[C@@H]3c3nc4ccccc4s3)[C@@H]3CCCNC3)c12. The molecule has 2 aromatic carbocycles. The average Bonchev–Trinajstić information content (AvgIpc) is 3.34. The first-order valence-electron chi connectivity index (χ1n) is 12.7. The van der Waals surface area contributed by atoms with Crippen LogP contribution < -0.4 is 10.2 Å². The third kappa shape index (κ3) is 4.17. The molecule has 2 saturated heterocycles. The summed E-state index contributed by atoms with van der Waals surface area (Å²) in [6.45, 7) is 4.65. The van der Waals surface area contributed by atoms with Gasteiger partial charge in [-0.3, -0.25) is 4.90 Å². The Labute approximate surface area is 210 Å². The van der Waals surface area contributed by atoms with Gasteiger partial charge in [0.05, 0.1) is 22.3 Å². The Balaban J connectivity index is 1.43. The molecule has 6 nitrogen and oxygen atoms in total. The van der Waals surface area contributed by atoms with Crippen molar-refractivity contribution in [2.75, 3.05) is 24.5 Å². The fraction of sp³-hybridized carbons (Fsp3) is 0.393. The van der Waals surface area contributed by atoms with E-state index in [1.54, 1.807) is 11.3 Å². The molecule has 0 saturated carbocycles. The maximum atomic E-state index is 14.5. The van der Waals surface area contributed by atoms with Crippen molar-refractivity contribution >= 4 is 44.2 Å². The minimum absolute atomic E-state index is 0.00349. The van der Waals surface area contributed by atoms with Crippen LogP contribution in [0.1, 0.15) is 48.7 Å². The van der Waals surface area contributed by atoms with E-state index in [2.05, 4.69) is 53.5 Å². The smallest absolute Gasteiger partial charge is 0.315 e. The number of pyridine rings is 1. The number of aromatic nitrogens is 2. The third-order valence-corrected chi connectivity index (χ3v) is 8.53. The second-order valence-corrected chi connectivity index (χ2v) is 10.7. The zero-order valence-electron chi connectivity index (χ0n) is 20.1. The van der Waals surface area contributed by atoms with E-state index in [0.29, 0.717) is 0 Å². The number of fused-ring (bicyclic) bond motifs is 2. The van der Waals surface area contributed by atoms with Crippen molar-refractivity contribution in [1.29, 1.82) is 0 Å². The highest BCUT2D eigenvalue weighted by atomic mass is 32.1. The van der Waals surface area contributed by atoms with E-state index >= 15 is 0 Å². The van der Waals surface area contributed by atoms with Gasteiger partial charge in [0, 0.05) is 24.7 Å². The quantitative estimate of drug-likeness (QED) is 0.383. The van der Waals surface area contributed by atoms with E-state index in [1.165, 1.54) is 4.70 Å². The predicted octanol–water partition coefficient (Wildman–Crippen LogP) is 6.06. The molecule has 0 unspecified atom stereocenters. The lowest BCUT2D eigenvalue weighted by Gasteiger charge is -2.41. The molecule has 0 aliphatic carbocycles. The average molecular weight is 486 g/mol. The number of carbonyl (C=O) groups excluding carboxylic acids is 1. The molecule has 0 radical (unpaired) electrons. The Bertz CT molecular complexity index is 1320. The van der Waals surface area contributed by atoms with Crippen LogP contribution in [0, 0.1) is 6.92 Å². The number of hydrogen-bond donors (Lipinski definition) is 1. The highest BCUT2D eigenvalue weighted by molar-refractivity contribution is 7.18. The molecule has 2 aliphatic rings. The van der Waals surface area contributed by atoms with E-state index in [-0.39, 0.29) is 18.1 Å². The fourth-order valence-electron chi connectivity index (χ4n) is 5.63. The Hall–Kier alpha value is -3.03. The van der Waals surface area contributed by atoms with Gasteiger partial charge >= 0.3 is 6.03 Å². The molecule has 4 aromatic rings. The standard InChI is InChI=1S/C28H31N5OS/c1-19-8-6-9-20-14-16-30-26(25(19)20)33(21-10-7-15-29-18-21)28(34)32-17-5-4-12-23(32)27-31-22-11-2-3-13-24(22)35-27/h2-3,6,8-9,11,13-14,16,21,23,29H,4-5,7,10,12,15,17-18H2,1H3/t21-,23-/m1/s1. The van der Waals surface area contributed by atoms with Crippen molar-refractivity contribution in [3.05, 3.63) is 65.3 Å². The monoisotopic (exact) mass is 485 g/mol. The number of urea groups is 1. The summed E-state index contributed by atoms with van der Waals surface area (Å²) in [6.07, 6.45) is 6.95. The predicted molar refractivity (Wildman–Crippen MR) is 143 cm³/mol. The zero-order chi connectivity index (χ0) is 23.8. The summed E-state index contributed by atoms with van der Waals surface area (Å²) in [5.41, 5.74) is 2.17. The van der Waals surface area contributed by atoms with Crippen LogP contribution >= 0.6 is 11.3 Å². The number of nitrogens with one attached hydrogen (secondary N) is 1. The van der Waals surface area contributed by atoms with Gasteiger partial charge in [-0.2, -0.15) is 0 Å². The first kappa shape index (κ1) is 22.4. The van der Waals surface area contributed by atoms with Gasteiger partial charge < -0.3 is 10.2 Å². The van der Waals surface area contributed by atoms with Crippen LogP contribution in [0.4, 0.5) is 10.6 Å². The number of rotatable bonds is 3.